The summed E-state index contributed by atoms with van der Waals surface area (Å²) in [5, 5.41) is 5.86. The smallest absolute Gasteiger partial charge is 0.233 e. The molecule has 2 aromatic rings. The van der Waals surface area contributed by atoms with Gasteiger partial charge in [0.05, 0.1) is 10.7 Å². The van der Waals surface area contributed by atoms with Crippen LogP contribution in [0.2, 0.25) is 5.02 Å². The molecule has 1 aromatic heterocycles. The summed E-state index contributed by atoms with van der Waals surface area (Å²) in [5.74, 6) is 0.578. The zero-order valence-corrected chi connectivity index (χ0v) is 12.7. The minimum absolute atomic E-state index is 0.0359. The molecule has 0 radical (unpaired) electrons. The highest BCUT2D eigenvalue weighted by atomic mass is 35.5. The molecule has 2 N–H and O–H groups in total. The third-order valence-electron chi connectivity index (χ3n) is 2.56. The predicted molar refractivity (Wildman–Crippen MR) is 83.0 cm³/mol. The van der Waals surface area contributed by atoms with Crippen molar-refractivity contribution in [2.24, 2.45) is 0 Å². The molecular formula is C13H16ClFN6. The normalized spacial score (nSPS) is 10.3. The Kier molecular flexibility index (Phi) is 4.74. The van der Waals surface area contributed by atoms with Crippen molar-refractivity contribution >= 4 is 35.1 Å². The van der Waals surface area contributed by atoms with E-state index in [4.69, 9.17) is 11.6 Å². The van der Waals surface area contributed by atoms with Gasteiger partial charge in [-0.05, 0) is 19.1 Å². The van der Waals surface area contributed by atoms with Gasteiger partial charge >= 0.3 is 0 Å². The van der Waals surface area contributed by atoms with E-state index in [0.717, 1.165) is 0 Å². The molecule has 0 atom stereocenters. The van der Waals surface area contributed by atoms with Crippen molar-refractivity contribution in [3.05, 3.63) is 29.0 Å². The van der Waals surface area contributed by atoms with Gasteiger partial charge in [0.25, 0.3) is 0 Å². The SMILES string of the molecule is CCNc1nc(Nc2cccc(Cl)c2F)nc(N(C)C)n1. The molecule has 0 bridgehead atoms. The zero-order valence-electron chi connectivity index (χ0n) is 12.0. The van der Waals surface area contributed by atoms with E-state index in [0.29, 0.717) is 18.4 Å². The molecule has 21 heavy (non-hydrogen) atoms. The summed E-state index contributed by atoms with van der Waals surface area (Å²) < 4.78 is 13.9. The van der Waals surface area contributed by atoms with Crippen LogP contribution in [0, 0.1) is 5.82 Å². The molecule has 0 amide bonds. The van der Waals surface area contributed by atoms with Crippen LogP contribution in [-0.4, -0.2) is 35.6 Å². The van der Waals surface area contributed by atoms with Crippen molar-refractivity contribution in [2.45, 2.75) is 6.92 Å². The summed E-state index contributed by atoms with van der Waals surface area (Å²) in [4.78, 5) is 14.4. The molecule has 0 fully saturated rings. The summed E-state index contributed by atoms with van der Waals surface area (Å²) in [6.07, 6.45) is 0. The summed E-state index contributed by atoms with van der Waals surface area (Å²) in [6.45, 7) is 2.60. The molecule has 0 aliphatic rings. The molecule has 112 valence electrons. The van der Waals surface area contributed by atoms with Gasteiger partial charge in [-0.1, -0.05) is 17.7 Å². The summed E-state index contributed by atoms with van der Waals surface area (Å²) in [6, 6.07) is 4.69. The first kappa shape index (κ1) is 15.2. The quantitative estimate of drug-likeness (QED) is 0.885. The minimum atomic E-state index is -0.545. The van der Waals surface area contributed by atoms with Gasteiger partial charge in [-0.3, -0.25) is 0 Å². The Labute approximate surface area is 127 Å². The van der Waals surface area contributed by atoms with Crippen molar-refractivity contribution in [3.63, 3.8) is 0 Å². The van der Waals surface area contributed by atoms with Gasteiger partial charge in [0.2, 0.25) is 17.8 Å². The van der Waals surface area contributed by atoms with Crippen LogP contribution in [-0.2, 0) is 0 Å². The molecular weight excluding hydrogens is 295 g/mol. The van der Waals surface area contributed by atoms with Gasteiger partial charge in [-0.25, -0.2) is 4.39 Å². The third-order valence-corrected chi connectivity index (χ3v) is 2.85. The van der Waals surface area contributed by atoms with E-state index in [-0.39, 0.29) is 16.7 Å². The number of halogens is 2. The Bertz CT molecular complexity index is 634. The van der Waals surface area contributed by atoms with Gasteiger partial charge < -0.3 is 15.5 Å². The Morgan fingerprint density at radius 1 is 1.19 bits per heavy atom. The lowest BCUT2D eigenvalue weighted by molar-refractivity contribution is 0.632. The van der Waals surface area contributed by atoms with Gasteiger partial charge in [0, 0.05) is 20.6 Å². The van der Waals surface area contributed by atoms with Crippen LogP contribution in [0.5, 0.6) is 0 Å². The Hall–Kier alpha value is -2.15. The maximum atomic E-state index is 13.9. The van der Waals surface area contributed by atoms with E-state index in [2.05, 4.69) is 25.6 Å². The summed E-state index contributed by atoms with van der Waals surface area (Å²) in [7, 11) is 3.63. The molecule has 0 spiro atoms. The fraction of sp³-hybridized carbons (Fsp3) is 0.308. The number of nitrogens with zero attached hydrogens (tertiary/aromatic N) is 4. The lowest BCUT2D eigenvalue weighted by atomic mass is 10.3. The first-order valence-electron chi connectivity index (χ1n) is 6.39. The van der Waals surface area contributed by atoms with Gasteiger partial charge in [-0.2, -0.15) is 15.0 Å². The van der Waals surface area contributed by atoms with E-state index in [9.17, 15) is 4.39 Å². The van der Waals surface area contributed by atoms with Crippen molar-refractivity contribution < 1.29 is 4.39 Å². The summed E-state index contributed by atoms with van der Waals surface area (Å²) in [5.41, 5.74) is 0.209. The second kappa shape index (κ2) is 6.53. The second-order valence-electron chi connectivity index (χ2n) is 4.43. The van der Waals surface area contributed by atoms with Crippen LogP contribution in [0.25, 0.3) is 0 Å². The topological polar surface area (TPSA) is 66.0 Å². The second-order valence-corrected chi connectivity index (χ2v) is 4.84. The lowest BCUT2D eigenvalue weighted by Crippen LogP contribution is -2.16. The number of anilines is 4. The monoisotopic (exact) mass is 310 g/mol. The van der Waals surface area contributed by atoms with Crippen molar-refractivity contribution in [2.75, 3.05) is 36.2 Å². The minimum Gasteiger partial charge on any atom is -0.354 e. The largest absolute Gasteiger partial charge is 0.354 e. The first-order chi connectivity index (χ1) is 10.0. The maximum Gasteiger partial charge on any atom is 0.233 e. The lowest BCUT2D eigenvalue weighted by Gasteiger charge is -2.14. The molecule has 0 saturated carbocycles. The highest BCUT2D eigenvalue weighted by molar-refractivity contribution is 6.31. The molecule has 6 nitrogen and oxygen atoms in total. The van der Waals surface area contributed by atoms with Crippen LogP contribution in [0.1, 0.15) is 6.92 Å². The molecule has 0 saturated heterocycles. The Morgan fingerprint density at radius 3 is 2.57 bits per heavy atom. The maximum absolute atomic E-state index is 13.9. The predicted octanol–water partition coefficient (Wildman–Crippen LogP) is 2.91. The van der Waals surface area contributed by atoms with Crippen LogP contribution in [0.3, 0.4) is 0 Å². The number of nitrogens with one attached hydrogen (secondary N) is 2. The number of hydrogen-bond acceptors (Lipinski definition) is 6. The van der Waals surface area contributed by atoms with Crippen molar-refractivity contribution in [1.29, 1.82) is 0 Å². The molecule has 1 heterocycles. The number of rotatable bonds is 5. The van der Waals surface area contributed by atoms with Crippen LogP contribution >= 0.6 is 11.6 Å². The number of benzene rings is 1. The number of aromatic nitrogens is 3. The molecule has 8 heteroatoms. The van der Waals surface area contributed by atoms with Gasteiger partial charge in [-0.15, -0.1) is 0 Å². The fourth-order valence-corrected chi connectivity index (χ4v) is 1.75. The van der Waals surface area contributed by atoms with E-state index in [1.165, 1.54) is 6.07 Å². The number of hydrogen-bond donors (Lipinski definition) is 2. The molecule has 0 unspecified atom stereocenters. The Balaban J connectivity index is 2.36. The molecule has 0 aliphatic carbocycles. The summed E-state index contributed by atoms with van der Waals surface area (Å²) >= 11 is 5.75. The van der Waals surface area contributed by atoms with E-state index < -0.39 is 5.82 Å². The highest BCUT2D eigenvalue weighted by Crippen LogP contribution is 2.24. The van der Waals surface area contributed by atoms with Crippen LogP contribution in [0.15, 0.2) is 18.2 Å². The molecule has 0 aliphatic heterocycles. The van der Waals surface area contributed by atoms with Gasteiger partial charge in [0.1, 0.15) is 0 Å². The average molecular weight is 311 g/mol. The third kappa shape index (κ3) is 3.69. The van der Waals surface area contributed by atoms with E-state index >= 15 is 0 Å². The van der Waals surface area contributed by atoms with Crippen molar-refractivity contribution in [3.8, 4) is 0 Å². The fourth-order valence-electron chi connectivity index (χ4n) is 1.58. The van der Waals surface area contributed by atoms with Crippen LogP contribution in [0.4, 0.5) is 27.9 Å². The average Bonchev–Trinajstić information content (AvgIpc) is 2.44. The highest BCUT2D eigenvalue weighted by Gasteiger charge is 2.11. The standard InChI is InChI=1S/C13H16ClFN6/c1-4-16-11-18-12(20-13(19-11)21(2)3)17-9-7-5-6-8(14)10(9)15/h5-7H,4H2,1-3H3,(H2,16,17,18,19,20). The van der Waals surface area contributed by atoms with Crippen molar-refractivity contribution in [1.82, 2.24) is 15.0 Å². The van der Waals surface area contributed by atoms with E-state index in [1.807, 2.05) is 21.0 Å². The zero-order chi connectivity index (χ0) is 15.4. The first-order valence-corrected chi connectivity index (χ1v) is 6.77. The van der Waals surface area contributed by atoms with E-state index in [1.54, 1.807) is 17.0 Å². The molecule has 1 aromatic carbocycles. The molecule has 2 rings (SSSR count). The Morgan fingerprint density at radius 2 is 1.90 bits per heavy atom. The van der Waals surface area contributed by atoms with Gasteiger partial charge in [0.15, 0.2) is 5.82 Å². The van der Waals surface area contributed by atoms with Crippen LogP contribution < -0.4 is 15.5 Å².